The maximum atomic E-state index is 13.6. The van der Waals surface area contributed by atoms with Gasteiger partial charge in [0.15, 0.2) is 5.78 Å². The van der Waals surface area contributed by atoms with E-state index >= 15 is 0 Å². The third-order valence-electron chi connectivity index (χ3n) is 14.7. The summed E-state index contributed by atoms with van der Waals surface area (Å²) in [5.41, 5.74) is 10.4. The van der Waals surface area contributed by atoms with Crippen LogP contribution in [0, 0.1) is 0 Å². The molecule has 10 rings (SSSR count). The lowest BCUT2D eigenvalue weighted by molar-refractivity contribution is -0.904. The van der Waals surface area contributed by atoms with Gasteiger partial charge in [0, 0.05) is 54.5 Å². The molecule has 2 aliphatic rings. The zero-order valence-corrected chi connectivity index (χ0v) is 52.8. The molecule has 6 aromatic carbocycles. The number of ether oxygens (including phenoxy) is 2. The number of benzene rings is 6. The van der Waals surface area contributed by atoms with Crippen molar-refractivity contribution < 1.29 is 78.4 Å². The second-order valence-electron chi connectivity index (χ2n) is 22.1. The molecule has 9 N–H and O–H groups in total. The Morgan fingerprint density at radius 3 is 1.47 bits per heavy atom. The third kappa shape index (κ3) is 19.6. The number of carbonyl (C=O) groups is 1. The number of carbonyl (C=O) groups excluding carboxylic acids is 1. The van der Waals surface area contributed by atoms with E-state index in [1.807, 2.05) is 67.9 Å². The fourth-order valence-corrected chi connectivity index (χ4v) is 14.2. The van der Waals surface area contributed by atoms with Crippen molar-refractivity contribution in [2.45, 2.75) is 44.6 Å². The number of nitrogens with one attached hydrogen (secondary N) is 3. The summed E-state index contributed by atoms with van der Waals surface area (Å²) in [6.45, 7) is 16.7. The number of likely N-dealkylation sites (tertiary alicyclic amines) is 2. The predicted molar refractivity (Wildman–Crippen MR) is 335 cm³/mol. The number of hydrogen-bond acceptors (Lipinski definition) is 13. The van der Waals surface area contributed by atoms with E-state index in [0.29, 0.717) is 49.8 Å². The Balaban J connectivity index is 0.000000236. The Labute approximate surface area is 509 Å². The zero-order chi connectivity index (χ0) is 57.5. The minimum atomic E-state index is -2.20. The summed E-state index contributed by atoms with van der Waals surface area (Å²) >= 11 is 3.08. The first-order valence-electron chi connectivity index (χ1n) is 28.2. The number of quaternary nitrogens is 2. The third-order valence-corrected chi connectivity index (χ3v) is 19.8. The van der Waals surface area contributed by atoms with Gasteiger partial charge in [-0.1, -0.05) is 12.1 Å². The molecule has 2 saturated heterocycles. The maximum Gasteiger partial charge on any atom is 0.195 e. The summed E-state index contributed by atoms with van der Waals surface area (Å²) in [4.78, 5) is 18.8. The van der Waals surface area contributed by atoms with Crippen molar-refractivity contribution in [2.24, 2.45) is 5.73 Å². The number of thiophene rings is 2. The van der Waals surface area contributed by atoms with Gasteiger partial charge in [-0.2, -0.15) is 0 Å². The van der Waals surface area contributed by atoms with Crippen LogP contribution in [0.1, 0.15) is 71.6 Å². The van der Waals surface area contributed by atoms with Gasteiger partial charge < -0.3 is 84.7 Å². The first kappa shape index (κ1) is 66.7. The highest BCUT2D eigenvalue weighted by Crippen LogP contribution is 2.46. The maximum absolute atomic E-state index is 13.6. The lowest BCUT2D eigenvalue weighted by atomic mass is 9.93. The summed E-state index contributed by atoms with van der Waals surface area (Å²) in [5, 5.41) is 45.3. The molecule has 446 valence electrons. The van der Waals surface area contributed by atoms with Crippen molar-refractivity contribution in [2.75, 3.05) is 105 Å². The number of phenolic OH excluding ortho intramolecular Hbond substituents is 4. The van der Waals surface area contributed by atoms with E-state index in [4.69, 9.17) is 15.2 Å². The first-order valence-corrected chi connectivity index (χ1v) is 35.4. The number of phenols is 4. The second kappa shape index (κ2) is 31.6. The van der Waals surface area contributed by atoms with E-state index in [2.05, 4.69) is 17.4 Å². The zero-order valence-electron chi connectivity index (χ0n) is 47.9. The summed E-state index contributed by atoms with van der Waals surface area (Å²) in [5.74, 6) is 2.34. The predicted octanol–water partition coefficient (Wildman–Crippen LogP) is 4.96. The van der Waals surface area contributed by atoms with E-state index in [1.165, 1.54) is 76.0 Å². The van der Waals surface area contributed by atoms with Gasteiger partial charge in [-0.3, -0.25) is 4.79 Å². The van der Waals surface area contributed by atoms with Crippen LogP contribution in [0.4, 0.5) is 0 Å². The number of aromatic hydroxyl groups is 4. The molecule has 0 radical (unpaired) electrons. The highest BCUT2D eigenvalue weighted by atomic mass is 35.5. The van der Waals surface area contributed by atoms with Gasteiger partial charge in [-0.25, -0.2) is 0 Å². The van der Waals surface area contributed by atoms with Crippen molar-refractivity contribution in [3.05, 3.63) is 156 Å². The molecule has 1 unspecified atom stereocenters. The average Bonchev–Trinajstić information content (AvgIpc) is 4.15. The number of piperidine rings is 2. The molecule has 83 heavy (non-hydrogen) atoms. The van der Waals surface area contributed by atoms with Crippen LogP contribution in [0.2, 0.25) is 0 Å². The summed E-state index contributed by atoms with van der Waals surface area (Å²) < 4.78 is 37.2. The first-order chi connectivity index (χ1) is 38.9. The molecule has 0 spiro atoms. The molecule has 8 aromatic rings. The molecule has 2 aliphatic heterocycles. The van der Waals surface area contributed by atoms with Crippen LogP contribution in [-0.4, -0.2) is 131 Å². The fourth-order valence-electron chi connectivity index (χ4n) is 10.4. The Bertz CT molecular complexity index is 3410. The number of halogens is 2. The lowest BCUT2D eigenvalue weighted by Crippen LogP contribution is -3.13. The summed E-state index contributed by atoms with van der Waals surface area (Å²) in [6.07, 6.45) is 9.19. The highest BCUT2D eigenvalue weighted by Gasteiger charge is 2.26. The van der Waals surface area contributed by atoms with Gasteiger partial charge in [-0.15, -0.1) is 22.7 Å². The smallest absolute Gasteiger partial charge is 0.195 e. The van der Waals surface area contributed by atoms with E-state index < -0.39 is 14.3 Å². The standard InChI is InChI=1S/C32H39N2O4PS.C28H27NO4S.C4H12NOP.2ClH/c1-39(2,37)21-16-33-31(23-8-13-27(14-9-23)38-20-19-34-17-4-3-5-18-34)30-28-15-12-26(36)22-29(28)40-32(30)24-6-10-25(35)11-7-24;30-21-8-4-20(5-9-21)28-26(24-13-10-22(31)18-25(24)34-28)27(32)19-6-11-23(12-7-19)33-17-16-29-14-2-1-3-15-29;1-7(2,6)4-3-5;;/h6-15,22,31,33,35-36H,3-5,16-21H2,1-2H3;4-13,18,30-31H,1-3,14-17H2;3-5H2,1-2H3;2*1H. The molecule has 0 saturated carbocycles. The molecule has 4 heterocycles. The Kier molecular flexibility index (Phi) is 25.4. The Morgan fingerprint density at radius 1 is 0.566 bits per heavy atom. The van der Waals surface area contributed by atoms with Crippen LogP contribution in [0.5, 0.6) is 34.5 Å². The van der Waals surface area contributed by atoms with E-state index in [9.17, 15) is 34.4 Å². The number of fused-ring (bicyclic) bond motifs is 2. The largest absolute Gasteiger partial charge is 1.00 e. The van der Waals surface area contributed by atoms with Gasteiger partial charge in [0.05, 0.1) is 46.5 Å². The van der Waals surface area contributed by atoms with Crippen LogP contribution in [0.25, 0.3) is 41.1 Å². The quantitative estimate of drug-likeness (QED) is 0.0380. The van der Waals surface area contributed by atoms with Crippen molar-refractivity contribution in [3.63, 3.8) is 0 Å². The SMILES string of the molecule is CP(C)(=O)CCN.CP(C)(=O)CCNC(c1ccc(OCC[NH+]2CCCCC2)cc1)c1c(-c2ccc(O)cc2)sc2cc(O)ccc12.O=C(c1ccc(OCC[NH+]2CCCCC2)cc1)c1c(-c2ccc(O)cc2)sc2cc(O)ccc12.[Cl-].[Cl-]. The van der Waals surface area contributed by atoms with Gasteiger partial charge in [0.2, 0.25) is 0 Å². The topological polar surface area (TPSA) is 198 Å². The molecular formula is C64H80Cl2N4O9P2S2. The van der Waals surface area contributed by atoms with Crippen molar-refractivity contribution in [1.29, 1.82) is 0 Å². The highest BCUT2D eigenvalue weighted by molar-refractivity contribution is 7.62. The van der Waals surface area contributed by atoms with Crippen LogP contribution >= 0.6 is 37.0 Å². The lowest BCUT2D eigenvalue weighted by Gasteiger charge is -2.24. The molecule has 2 fully saturated rings. The monoisotopic (exact) mass is 1240 g/mol. The minimum Gasteiger partial charge on any atom is -1.00 e. The Morgan fingerprint density at radius 2 is 1.00 bits per heavy atom. The van der Waals surface area contributed by atoms with Gasteiger partial charge in [0.25, 0.3) is 0 Å². The van der Waals surface area contributed by atoms with E-state index in [0.717, 1.165) is 76.8 Å². The molecule has 0 bridgehead atoms. The second-order valence-corrected chi connectivity index (χ2v) is 31.4. The van der Waals surface area contributed by atoms with Gasteiger partial charge in [-0.05, 0) is 221 Å². The van der Waals surface area contributed by atoms with Crippen molar-refractivity contribution >= 4 is 62.9 Å². The van der Waals surface area contributed by atoms with Crippen LogP contribution in [-0.2, 0) is 9.13 Å². The summed E-state index contributed by atoms with van der Waals surface area (Å²) in [6, 6.07) is 40.2. The molecule has 2 aromatic heterocycles. The molecule has 1 atom stereocenters. The molecule has 0 amide bonds. The normalized spacial score (nSPS) is 14.3. The summed E-state index contributed by atoms with van der Waals surface area (Å²) in [7, 11) is -3.99. The molecular weight excluding hydrogens is 1170 g/mol. The molecule has 19 heteroatoms. The minimum absolute atomic E-state index is 0. The van der Waals surface area contributed by atoms with Gasteiger partial charge >= 0.3 is 0 Å². The van der Waals surface area contributed by atoms with Crippen molar-refractivity contribution in [3.8, 4) is 55.4 Å². The molecule has 0 aliphatic carbocycles. The number of nitrogens with two attached hydrogens (primary N) is 1. The average molecular weight is 1250 g/mol. The van der Waals surface area contributed by atoms with E-state index in [-0.39, 0.29) is 59.6 Å². The number of hydrogen-bond donors (Lipinski definition) is 8. The van der Waals surface area contributed by atoms with Crippen molar-refractivity contribution in [1.82, 2.24) is 5.32 Å². The molecule has 13 nitrogen and oxygen atoms in total. The van der Waals surface area contributed by atoms with E-state index in [1.54, 1.807) is 101 Å². The Hall–Kier alpha value is -5.41. The van der Waals surface area contributed by atoms with Crippen LogP contribution in [0.15, 0.2) is 133 Å². The number of rotatable bonds is 20. The van der Waals surface area contributed by atoms with Gasteiger partial charge in [0.1, 0.15) is 60.8 Å². The van der Waals surface area contributed by atoms with Crippen LogP contribution in [0.3, 0.4) is 0 Å². The van der Waals surface area contributed by atoms with Crippen LogP contribution < -0.4 is 55.1 Å². The fraction of sp³-hybridized carbons (Fsp3) is 0.359. The number of ketones is 1.